The summed E-state index contributed by atoms with van der Waals surface area (Å²) >= 11 is 0. The second-order valence-electron chi connectivity index (χ2n) is 5.79. The molecule has 2 aromatic carbocycles. The van der Waals surface area contributed by atoms with Crippen LogP contribution in [0.1, 0.15) is 21.7 Å². The van der Waals surface area contributed by atoms with Crippen LogP contribution in [0.2, 0.25) is 0 Å². The summed E-state index contributed by atoms with van der Waals surface area (Å²) in [7, 11) is 0. The molecule has 8 heteroatoms. The van der Waals surface area contributed by atoms with Crippen LogP contribution in [0.4, 0.5) is 0 Å². The number of aromatic nitrogens is 4. The molecule has 26 heavy (non-hydrogen) atoms. The summed E-state index contributed by atoms with van der Waals surface area (Å²) in [5, 5.41) is 17.8. The molecule has 0 aliphatic carbocycles. The summed E-state index contributed by atoms with van der Waals surface area (Å²) in [6, 6.07) is 12.4. The molecule has 0 saturated heterocycles. The number of imidazole rings is 1. The van der Waals surface area contributed by atoms with E-state index in [-0.39, 0.29) is 11.4 Å². The molecular weight excluding hydrogens is 334 g/mol. The summed E-state index contributed by atoms with van der Waals surface area (Å²) < 4.78 is 6.49. The Bertz CT molecular complexity index is 1100. The number of para-hydroxylation sites is 1. The van der Waals surface area contributed by atoms with Gasteiger partial charge in [-0.1, -0.05) is 18.2 Å². The van der Waals surface area contributed by atoms with Gasteiger partial charge in [-0.3, -0.25) is 9.42 Å². The van der Waals surface area contributed by atoms with E-state index in [1.54, 1.807) is 12.3 Å². The van der Waals surface area contributed by atoms with Gasteiger partial charge in [0.2, 0.25) is 11.0 Å². The summed E-state index contributed by atoms with van der Waals surface area (Å²) in [6.45, 7) is 2.27. The number of nitrogens with one attached hydrogen (secondary N) is 1. The standard InChI is InChI=1S/C18H15N5O3/c1-12-19-8-9-22(12)16-5-3-2-4-14(16)11-20-18(24)13-6-7-17-15(10-13)21-26-23(17)25/h2-10H,11H2,1H3,(H,20,24). The van der Waals surface area contributed by atoms with E-state index in [0.29, 0.717) is 22.5 Å². The Morgan fingerprint density at radius 3 is 2.96 bits per heavy atom. The van der Waals surface area contributed by atoms with E-state index < -0.39 is 0 Å². The molecule has 2 heterocycles. The highest BCUT2D eigenvalue weighted by molar-refractivity contribution is 5.96. The maximum Gasteiger partial charge on any atom is 0.251 e. The molecule has 0 bridgehead atoms. The first-order valence-electron chi connectivity index (χ1n) is 7.99. The molecule has 0 aliphatic heterocycles. The zero-order valence-corrected chi connectivity index (χ0v) is 13.9. The zero-order chi connectivity index (χ0) is 18.1. The fraction of sp³-hybridized carbons (Fsp3) is 0.111. The maximum atomic E-state index is 12.5. The number of nitrogens with zero attached hydrogens (tertiary/aromatic N) is 4. The van der Waals surface area contributed by atoms with E-state index in [4.69, 9.17) is 0 Å². The first kappa shape index (κ1) is 15.8. The lowest BCUT2D eigenvalue weighted by atomic mass is 10.1. The number of hydrogen-bond donors (Lipinski definition) is 1. The molecule has 0 atom stereocenters. The Kier molecular flexibility index (Phi) is 3.85. The molecule has 0 spiro atoms. The molecule has 0 fully saturated rings. The Morgan fingerprint density at radius 1 is 1.31 bits per heavy atom. The van der Waals surface area contributed by atoms with Crippen molar-refractivity contribution in [2.75, 3.05) is 0 Å². The molecule has 0 aliphatic rings. The van der Waals surface area contributed by atoms with Gasteiger partial charge >= 0.3 is 0 Å². The number of fused-ring (bicyclic) bond motifs is 1. The van der Waals surface area contributed by atoms with Crippen molar-refractivity contribution in [3.8, 4) is 5.69 Å². The molecule has 4 aromatic rings. The first-order valence-corrected chi connectivity index (χ1v) is 7.99. The van der Waals surface area contributed by atoms with Crippen molar-refractivity contribution in [2.45, 2.75) is 13.5 Å². The quantitative estimate of drug-likeness (QED) is 0.567. The number of amides is 1. The Balaban J connectivity index is 1.55. The van der Waals surface area contributed by atoms with Crippen LogP contribution in [0.15, 0.2) is 59.5 Å². The molecule has 1 N–H and O–H groups in total. The van der Waals surface area contributed by atoms with Crippen molar-refractivity contribution in [1.29, 1.82) is 0 Å². The van der Waals surface area contributed by atoms with Gasteiger partial charge in [-0.15, -0.1) is 0 Å². The second kappa shape index (κ2) is 6.32. The van der Waals surface area contributed by atoms with Crippen LogP contribution in [0, 0.1) is 12.1 Å². The highest BCUT2D eigenvalue weighted by atomic mass is 16.8. The van der Waals surface area contributed by atoms with Gasteiger partial charge in [-0.25, -0.2) is 4.98 Å². The summed E-state index contributed by atoms with van der Waals surface area (Å²) in [4.78, 5) is 17.0. The van der Waals surface area contributed by atoms with Gasteiger partial charge in [0, 0.05) is 35.7 Å². The molecular formula is C18H15N5O3. The Hall–Kier alpha value is -3.68. The van der Waals surface area contributed by atoms with E-state index in [2.05, 4.69) is 20.1 Å². The lowest BCUT2D eigenvalue weighted by Gasteiger charge is -2.12. The smallest absolute Gasteiger partial charge is 0.251 e. The maximum absolute atomic E-state index is 12.5. The fourth-order valence-electron chi connectivity index (χ4n) is 2.82. The van der Waals surface area contributed by atoms with Crippen LogP contribution in [-0.2, 0) is 6.54 Å². The summed E-state index contributed by atoms with van der Waals surface area (Å²) in [6.07, 6.45) is 3.62. The monoisotopic (exact) mass is 349 g/mol. The van der Waals surface area contributed by atoms with Gasteiger partial charge in [0.1, 0.15) is 5.82 Å². The SMILES string of the molecule is Cc1nccn1-c1ccccc1CNC(=O)c1ccc2c(c1)no[n+]2[O-]. The molecule has 1 amide bonds. The highest BCUT2D eigenvalue weighted by Gasteiger charge is 2.14. The molecule has 4 rings (SSSR count). The number of benzene rings is 2. The lowest BCUT2D eigenvalue weighted by Crippen LogP contribution is -2.24. The van der Waals surface area contributed by atoms with Gasteiger partial charge < -0.3 is 15.1 Å². The normalized spacial score (nSPS) is 11.0. The number of carbonyl (C=O) groups excluding carboxylic acids is 1. The number of aryl methyl sites for hydroxylation is 1. The van der Waals surface area contributed by atoms with Crippen LogP contribution >= 0.6 is 0 Å². The summed E-state index contributed by atoms with van der Waals surface area (Å²) in [5.41, 5.74) is 2.94. The van der Waals surface area contributed by atoms with E-state index in [9.17, 15) is 10.0 Å². The highest BCUT2D eigenvalue weighted by Crippen LogP contribution is 2.16. The molecule has 8 nitrogen and oxygen atoms in total. The third-order valence-corrected chi connectivity index (χ3v) is 4.16. The van der Waals surface area contributed by atoms with Gasteiger partial charge in [-0.2, -0.15) is 0 Å². The third kappa shape index (κ3) is 2.77. The van der Waals surface area contributed by atoms with Crippen LogP contribution in [-0.4, -0.2) is 20.6 Å². The Labute approximate surface area is 148 Å². The first-order chi connectivity index (χ1) is 12.6. The van der Waals surface area contributed by atoms with E-state index in [1.807, 2.05) is 42.0 Å². The average Bonchev–Trinajstić information content (AvgIpc) is 3.25. The summed E-state index contributed by atoms with van der Waals surface area (Å²) in [5.74, 6) is 0.607. The molecule has 0 radical (unpaired) electrons. The molecule has 0 saturated carbocycles. The van der Waals surface area contributed by atoms with Crippen molar-refractivity contribution in [3.63, 3.8) is 0 Å². The van der Waals surface area contributed by atoms with Crippen molar-refractivity contribution in [3.05, 3.63) is 77.0 Å². The minimum absolute atomic E-state index is 0.260. The predicted octanol–water partition coefficient (Wildman–Crippen LogP) is 1.89. The van der Waals surface area contributed by atoms with E-state index >= 15 is 0 Å². The van der Waals surface area contributed by atoms with Crippen LogP contribution in [0.3, 0.4) is 0 Å². The van der Waals surface area contributed by atoms with Crippen molar-refractivity contribution in [1.82, 2.24) is 20.0 Å². The number of carbonyl (C=O) groups is 1. The van der Waals surface area contributed by atoms with Gasteiger partial charge in [0.05, 0.1) is 5.69 Å². The van der Waals surface area contributed by atoms with Crippen molar-refractivity contribution in [2.24, 2.45) is 0 Å². The van der Waals surface area contributed by atoms with Crippen LogP contribution < -0.4 is 10.2 Å². The second-order valence-corrected chi connectivity index (χ2v) is 5.79. The van der Waals surface area contributed by atoms with E-state index in [1.165, 1.54) is 12.1 Å². The van der Waals surface area contributed by atoms with Crippen LogP contribution in [0.5, 0.6) is 0 Å². The topological polar surface area (TPSA) is 99.9 Å². The minimum atomic E-state index is -0.260. The Morgan fingerprint density at radius 2 is 2.15 bits per heavy atom. The fourth-order valence-corrected chi connectivity index (χ4v) is 2.82. The average molecular weight is 349 g/mol. The van der Waals surface area contributed by atoms with Crippen molar-refractivity contribution < 1.29 is 14.3 Å². The largest absolute Gasteiger partial charge is 0.359 e. The van der Waals surface area contributed by atoms with Gasteiger partial charge in [0.25, 0.3) is 5.91 Å². The minimum Gasteiger partial charge on any atom is -0.359 e. The zero-order valence-electron chi connectivity index (χ0n) is 13.9. The van der Waals surface area contributed by atoms with E-state index in [0.717, 1.165) is 17.1 Å². The number of rotatable bonds is 4. The predicted molar refractivity (Wildman–Crippen MR) is 92.4 cm³/mol. The van der Waals surface area contributed by atoms with Crippen molar-refractivity contribution >= 4 is 16.9 Å². The molecule has 0 unspecified atom stereocenters. The molecule has 2 aromatic heterocycles. The molecule has 130 valence electrons. The van der Waals surface area contributed by atoms with Gasteiger partial charge in [0.15, 0.2) is 0 Å². The van der Waals surface area contributed by atoms with Gasteiger partial charge in [-0.05, 0) is 35.6 Å². The number of hydrogen-bond acceptors (Lipinski definition) is 5. The van der Waals surface area contributed by atoms with Crippen LogP contribution in [0.25, 0.3) is 16.7 Å². The lowest BCUT2D eigenvalue weighted by molar-refractivity contribution is -0.782. The third-order valence-electron chi connectivity index (χ3n) is 4.16.